The number of hydrogen-bond donors (Lipinski definition) is 24. The van der Waals surface area contributed by atoms with Gasteiger partial charge in [-0.15, -0.1) is 0 Å². The van der Waals surface area contributed by atoms with E-state index in [0.29, 0.717) is 11.1 Å². The van der Waals surface area contributed by atoms with Crippen molar-refractivity contribution in [3.63, 3.8) is 0 Å². The molecule has 0 spiro atoms. The maximum Gasteiger partial charge on any atom is 0.246 e. The first-order valence-electron chi connectivity index (χ1n) is 32.1. The van der Waals surface area contributed by atoms with Crippen LogP contribution < -0.4 is 57.3 Å². The number of halogens is 1. The molecule has 6 aliphatic heterocycles. The Morgan fingerprint density at radius 2 is 1.21 bits per heavy atom. The lowest BCUT2D eigenvalue weighted by atomic mass is 9.92. The topological polar surface area (TPSA) is 589 Å². The van der Waals surface area contributed by atoms with Crippen LogP contribution in [0.3, 0.4) is 0 Å². The summed E-state index contributed by atoms with van der Waals surface area (Å²) in [7, 11) is 1.29. The number of nitrogens with one attached hydrogen (secondary N) is 11. The molecule has 0 bridgehead atoms. The number of hydrogen-bond acceptors (Lipinski definition) is 28. The van der Waals surface area contributed by atoms with E-state index in [1.54, 1.807) is 37.3 Å². The predicted octanol–water partition coefficient (Wildman–Crippen LogP) is -10.8. The van der Waals surface area contributed by atoms with Crippen molar-refractivity contribution in [1.29, 1.82) is 10.8 Å². The minimum atomic E-state index is -2.37. The van der Waals surface area contributed by atoms with Crippen LogP contribution in [0.5, 0.6) is 11.5 Å². The monoisotopic (exact) mass is 1430 g/mol. The van der Waals surface area contributed by atoms with Gasteiger partial charge in [0, 0.05) is 25.4 Å². The Morgan fingerprint density at radius 3 is 1.86 bits per heavy atom. The van der Waals surface area contributed by atoms with E-state index in [0.717, 1.165) is 11.0 Å². The predicted molar refractivity (Wildman–Crippen MR) is 337 cm³/mol. The number of carbonyl (C=O) groups is 6. The third-order valence-corrected chi connectivity index (χ3v) is 18.2. The maximum absolute atomic E-state index is 15.2. The Morgan fingerprint density at radius 1 is 0.594 bits per heavy atom. The molecule has 0 radical (unpaired) electrons. The number of methoxy groups -OCH3 is 1. The minimum absolute atomic E-state index is 0.0158. The molecular weight excluding hydrogens is 1350 g/mol. The number of guanidine groups is 2. The first-order valence-corrected chi connectivity index (χ1v) is 32.1. The zero-order chi connectivity index (χ0) is 73.3. The Labute approximate surface area is 574 Å². The second-order valence-electron chi connectivity index (χ2n) is 24.9. The lowest BCUT2D eigenvalue weighted by molar-refractivity contribution is -0.353. The molecule has 3 aromatic rings. The smallest absolute Gasteiger partial charge is 0.246 e. The molecule has 556 valence electrons. The zero-order valence-electron chi connectivity index (χ0n) is 54.2. The molecule has 6 amide bonds. The molecule has 6 saturated heterocycles. The number of carbonyl (C=O) groups excluding carboxylic acids is 6. The fourth-order valence-electron chi connectivity index (χ4n) is 12.4. The molecule has 6 aliphatic rings. The van der Waals surface area contributed by atoms with Crippen LogP contribution in [0.2, 0.25) is 0 Å². The molecule has 3 aromatic carbocycles. The number of rotatable bonds is 21. The Kier molecular flexibility index (Phi) is 26.1. The van der Waals surface area contributed by atoms with Crippen molar-refractivity contribution in [2.75, 3.05) is 53.2 Å². The second-order valence-corrected chi connectivity index (χ2v) is 24.9. The summed E-state index contributed by atoms with van der Waals surface area (Å²) in [6.45, 7) is -3.76. The van der Waals surface area contributed by atoms with Gasteiger partial charge in [0.1, 0.15) is 121 Å². The Bertz CT molecular complexity index is 3380. The molecule has 38 nitrogen and oxygen atoms in total. The fraction of sp³-hybridized carbons (Fsp3) is 0.581. The first-order chi connectivity index (χ1) is 48.2. The lowest BCUT2D eigenvalue weighted by Gasteiger charge is -2.46. The molecule has 101 heavy (non-hydrogen) atoms. The number of aliphatic hydroxyl groups excluding tert-OH is 13. The van der Waals surface area contributed by atoms with Crippen molar-refractivity contribution >= 4 is 47.4 Å². The molecule has 25 unspecified atom stereocenters. The maximum atomic E-state index is 15.2. The quantitative estimate of drug-likeness (QED) is 0.0471. The van der Waals surface area contributed by atoms with Crippen molar-refractivity contribution in [1.82, 2.24) is 52.8 Å². The van der Waals surface area contributed by atoms with E-state index in [1.165, 1.54) is 43.5 Å². The summed E-state index contributed by atoms with van der Waals surface area (Å²) in [5, 5.41) is 182. The number of aliphatic hydroxyl groups is 13. The Balaban J connectivity index is 0.974. The SMILES string of the molecule is COc1ccc(COCC2OC(OC3C(CO)OC(Oc4ccc(CC5NC(=O)C(C(C)c6ccccc6)NC(=O)CNC(=O)C(CO)NC(=O)C(C(O)C6CNC(=N)N6C6OC(CO)C(O)C(O)C6O)NC(=O)C(C(O)C6CNC(=N)N6)NC5=O)cc4)C(O)C3O)C(O)C(O)C2O)cc1F. The third-order valence-electron chi connectivity index (χ3n) is 18.2. The number of amides is 6. The summed E-state index contributed by atoms with van der Waals surface area (Å²) in [5.41, 5.74) is 1.05. The Hall–Kier alpha value is -8.17. The molecule has 0 saturated carbocycles. The van der Waals surface area contributed by atoms with Crippen molar-refractivity contribution in [2.24, 2.45) is 0 Å². The number of ether oxygens (including phenoxy) is 7. The molecule has 0 aromatic heterocycles. The highest BCUT2D eigenvalue weighted by Crippen LogP contribution is 2.33. The highest BCUT2D eigenvalue weighted by atomic mass is 19.1. The van der Waals surface area contributed by atoms with Gasteiger partial charge in [0.15, 0.2) is 36.0 Å². The first kappa shape index (κ1) is 77.0. The summed E-state index contributed by atoms with van der Waals surface area (Å²) in [6.07, 6.45) is -32.2. The summed E-state index contributed by atoms with van der Waals surface area (Å²) >= 11 is 0. The van der Waals surface area contributed by atoms with Crippen molar-refractivity contribution < 1.29 is 133 Å². The molecule has 39 heteroatoms. The van der Waals surface area contributed by atoms with Gasteiger partial charge >= 0.3 is 0 Å². The van der Waals surface area contributed by atoms with Gasteiger partial charge in [0.25, 0.3) is 0 Å². The molecular formula is C62H85FN12O26. The van der Waals surface area contributed by atoms with Gasteiger partial charge in [-0.05, 0) is 41.0 Å². The van der Waals surface area contributed by atoms with Crippen LogP contribution >= 0.6 is 0 Å². The summed E-state index contributed by atoms with van der Waals surface area (Å²) < 4.78 is 53.9. The van der Waals surface area contributed by atoms with Crippen LogP contribution in [-0.2, 0) is 65.5 Å². The van der Waals surface area contributed by atoms with Gasteiger partial charge < -0.3 is 152 Å². The second kappa shape index (κ2) is 34.2. The van der Waals surface area contributed by atoms with E-state index >= 15 is 9.59 Å². The minimum Gasteiger partial charge on any atom is -0.494 e. The van der Waals surface area contributed by atoms with E-state index in [2.05, 4.69) is 47.9 Å². The molecule has 0 aliphatic carbocycles. The summed E-state index contributed by atoms with van der Waals surface area (Å²) in [6, 6.07) is 4.64. The number of nitrogens with zero attached hydrogens (tertiary/aromatic N) is 1. The van der Waals surface area contributed by atoms with Crippen LogP contribution in [0.4, 0.5) is 4.39 Å². The van der Waals surface area contributed by atoms with Crippen LogP contribution in [0.1, 0.15) is 29.5 Å². The average molecular weight is 1430 g/mol. The van der Waals surface area contributed by atoms with Crippen LogP contribution in [-0.4, -0.2) is 318 Å². The van der Waals surface area contributed by atoms with E-state index < -0.39 is 246 Å². The van der Waals surface area contributed by atoms with Crippen molar-refractivity contribution in [3.8, 4) is 11.5 Å². The third kappa shape index (κ3) is 17.8. The van der Waals surface area contributed by atoms with Crippen LogP contribution in [0.15, 0.2) is 72.8 Å². The van der Waals surface area contributed by atoms with Gasteiger partial charge in [-0.25, -0.2) is 4.39 Å². The van der Waals surface area contributed by atoms with Crippen molar-refractivity contribution in [3.05, 3.63) is 95.3 Å². The normalized spacial score (nSPS) is 35.0. The van der Waals surface area contributed by atoms with E-state index in [4.69, 9.17) is 44.0 Å². The molecule has 25 atom stereocenters. The van der Waals surface area contributed by atoms with Crippen molar-refractivity contribution in [2.45, 2.75) is 172 Å². The standard InChI is InChI=1S/C62H85FN12O26/c1-24(27-6-4-3-5-7-27)39-55(92)69-30(15-25-8-11-28(12-9-25)97-59-51(89)48(86)52(36(21-78)99-59)101-60-50(88)47(85)45(83)37(100-60)23-96-22-26-10-13-34(95-2)29(63)14-26)54(91)73-40(42(80)31-16-67-61(64)71-31)57(94)74-41(56(93)70-32(19-76)53(90)66-18-38(79)72-39)43(81)33-17-68-62(65)75(33)58-49(87)46(84)44(82)35(20-77)98-58/h3-14,24,30-33,35-37,39-52,58-60,76-78,80-89H,15-23H2,1-2H3,(H2,65,68)(H,66,90)(H,69,92)(H,70,93)(H,72,79)(H,73,91)(H,74,94)(H3,64,67,71). The van der Waals surface area contributed by atoms with Gasteiger partial charge in [-0.2, -0.15) is 0 Å². The van der Waals surface area contributed by atoms with Crippen LogP contribution in [0, 0.1) is 16.6 Å². The zero-order valence-corrected chi connectivity index (χ0v) is 54.2. The van der Waals surface area contributed by atoms with E-state index in [9.17, 15) is 90.0 Å². The average Bonchev–Trinajstić information content (AvgIpc) is 1.77. The van der Waals surface area contributed by atoms with E-state index in [1.807, 2.05) is 0 Å². The highest BCUT2D eigenvalue weighted by molar-refractivity contribution is 5.98. The number of benzene rings is 3. The van der Waals surface area contributed by atoms with Gasteiger partial charge in [0.2, 0.25) is 41.7 Å². The van der Waals surface area contributed by atoms with Gasteiger partial charge in [-0.1, -0.05) is 55.5 Å². The fourth-order valence-corrected chi connectivity index (χ4v) is 12.4. The highest BCUT2D eigenvalue weighted by Gasteiger charge is 2.55. The molecule has 9 rings (SSSR count). The summed E-state index contributed by atoms with van der Waals surface area (Å²) in [4.78, 5) is 88.3. The van der Waals surface area contributed by atoms with E-state index in [-0.39, 0.29) is 36.2 Å². The summed E-state index contributed by atoms with van der Waals surface area (Å²) in [5.74, 6) is -10.1. The molecule has 6 heterocycles. The van der Waals surface area contributed by atoms with Gasteiger partial charge in [-0.3, -0.25) is 39.6 Å². The molecule has 6 fully saturated rings. The van der Waals surface area contributed by atoms with Gasteiger partial charge in [0.05, 0.1) is 58.8 Å². The largest absolute Gasteiger partial charge is 0.494 e. The lowest BCUT2D eigenvalue weighted by Crippen LogP contribution is -2.69. The van der Waals surface area contributed by atoms with Crippen LogP contribution in [0.25, 0.3) is 0 Å². The molecule has 24 N–H and O–H groups in total.